The van der Waals surface area contributed by atoms with E-state index in [2.05, 4.69) is 6.08 Å². The lowest BCUT2D eigenvalue weighted by Crippen LogP contribution is -2.17. The van der Waals surface area contributed by atoms with Crippen LogP contribution in [-0.4, -0.2) is 25.7 Å². The summed E-state index contributed by atoms with van der Waals surface area (Å²) in [4.78, 5) is 20.3. The smallest absolute Gasteiger partial charge is 0.293 e. The lowest BCUT2D eigenvalue weighted by Gasteiger charge is -2.20. The molecule has 0 fully saturated rings. The summed E-state index contributed by atoms with van der Waals surface area (Å²) in [5.74, 6) is 0.338. The monoisotopic (exact) mass is 212 g/mol. The number of carbonyl (C=O) groups is 2. The highest BCUT2D eigenvalue weighted by atomic mass is 16.5. The maximum absolute atomic E-state index is 10.2. The summed E-state index contributed by atoms with van der Waals surface area (Å²) < 4.78 is 9.67. The molecule has 84 valence electrons. The molecule has 0 bridgehead atoms. The quantitative estimate of drug-likeness (QED) is 0.511. The third-order valence-electron chi connectivity index (χ3n) is 2.58. The van der Waals surface area contributed by atoms with Gasteiger partial charge in [-0.25, -0.2) is 0 Å². The Morgan fingerprint density at radius 2 is 1.93 bits per heavy atom. The molecule has 0 heterocycles. The van der Waals surface area contributed by atoms with E-state index in [9.17, 15) is 9.59 Å². The van der Waals surface area contributed by atoms with Crippen molar-refractivity contribution in [2.24, 2.45) is 5.92 Å². The molecule has 1 aliphatic carbocycles. The van der Waals surface area contributed by atoms with Crippen LogP contribution < -0.4 is 0 Å². The molecule has 0 spiro atoms. The van der Waals surface area contributed by atoms with Crippen molar-refractivity contribution in [1.29, 1.82) is 0 Å². The molecule has 2 unspecified atom stereocenters. The molecule has 1 rings (SSSR count). The summed E-state index contributed by atoms with van der Waals surface area (Å²) >= 11 is 0. The van der Waals surface area contributed by atoms with Gasteiger partial charge in [0.25, 0.3) is 12.9 Å². The molecule has 15 heavy (non-hydrogen) atoms. The van der Waals surface area contributed by atoms with Gasteiger partial charge < -0.3 is 9.47 Å². The summed E-state index contributed by atoms with van der Waals surface area (Å²) in [6, 6.07) is 0. The number of ether oxygens (including phenoxy) is 2. The predicted molar refractivity (Wildman–Crippen MR) is 54.1 cm³/mol. The maximum Gasteiger partial charge on any atom is 0.293 e. The van der Waals surface area contributed by atoms with Crippen LogP contribution in [0.3, 0.4) is 0 Å². The van der Waals surface area contributed by atoms with E-state index in [1.807, 2.05) is 6.08 Å². The van der Waals surface area contributed by atoms with E-state index in [0.717, 1.165) is 25.7 Å². The molecule has 0 saturated carbocycles. The minimum atomic E-state index is -0.0298. The van der Waals surface area contributed by atoms with Crippen molar-refractivity contribution < 1.29 is 19.1 Å². The molecule has 4 nitrogen and oxygen atoms in total. The fraction of sp³-hybridized carbons (Fsp3) is 0.636. The van der Waals surface area contributed by atoms with Crippen molar-refractivity contribution in [3.8, 4) is 0 Å². The van der Waals surface area contributed by atoms with Crippen LogP contribution in [0.1, 0.15) is 25.7 Å². The molecule has 0 aromatic rings. The van der Waals surface area contributed by atoms with Crippen molar-refractivity contribution in [3.05, 3.63) is 12.2 Å². The first-order chi connectivity index (χ1) is 7.36. The van der Waals surface area contributed by atoms with Gasteiger partial charge in [0.05, 0.1) is 6.61 Å². The van der Waals surface area contributed by atoms with Gasteiger partial charge in [-0.05, 0) is 25.2 Å². The Bertz CT molecular complexity index is 225. The Morgan fingerprint density at radius 1 is 1.13 bits per heavy atom. The summed E-state index contributed by atoms with van der Waals surface area (Å²) in [6.45, 7) is 1.42. The van der Waals surface area contributed by atoms with Crippen molar-refractivity contribution in [2.45, 2.75) is 31.8 Å². The fourth-order valence-electron chi connectivity index (χ4n) is 1.72. The normalized spacial score (nSPS) is 26.1. The highest BCUT2D eigenvalue weighted by molar-refractivity contribution is 5.37. The van der Waals surface area contributed by atoms with E-state index in [1.54, 1.807) is 0 Å². The Kier molecular flexibility index (Phi) is 5.51. The maximum atomic E-state index is 10.2. The van der Waals surface area contributed by atoms with Gasteiger partial charge in [-0.2, -0.15) is 0 Å². The molecule has 4 heteroatoms. The van der Waals surface area contributed by atoms with Gasteiger partial charge in [0.2, 0.25) is 0 Å². The van der Waals surface area contributed by atoms with Gasteiger partial charge in [-0.15, -0.1) is 0 Å². The first-order valence-corrected chi connectivity index (χ1v) is 5.16. The number of rotatable bonds is 5. The fourth-order valence-corrected chi connectivity index (χ4v) is 1.72. The van der Waals surface area contributed by atoms with Crippen molar-refractivity contribution in [1.82, 2.24) is 0 Å². The predicted octanol–water partition coefficient (Wildman–Crippen LogP) is 1.45. The van der Waals surface area contributed by atoms with E-state index in [1.165, 1.54) is 0 Å². The number of hydrogen-bond acceptors (Lipinski definition) is 4. The van der Waals surface area contributed by atoms with Crippen LogP contribution in [0.15, 0.2) is 12.2 Å². The molecule has 0 amide bonds. The van der Waals surface area contributed by atoms with Crippen molar-refractivity contribution in [2.75, 3.05) is 6.61 Å². The molecule has 0 aromatic heterocycles. The zero-order valence-electron chi connectivity index (χ0n) is 8.63. The molecule has 0 N–H and O–H groups in total. The minimum absolute atomic E-state index is 0.0298. The van der Waals surface area contributed by atoms with Crippen LogP contribution in [0, 0.1) is 5.92 Å². The highest BCUT2D eigenvalue weighted by Gasteiger charge is 2.15. The van der Waals surface area contributed by atoms with Gasteiger partial charge in [0, 0.05) is 6.42 Å². The SMILES string of the molecule is O=COCC1CC=CCC(OC=O)CC1. The van der Waals surface area contributed by atoms with Crippen LogP contribution in [0.2, 0.25) is 0 Å². The third-order valence-corrected chi connectivity index (χ3v) is 2.58. The Morgan fingerprint density at radius 3 is 2.67 bits per heavy atom. The third kappa shape index (κ3) is 4.63. The van der Waals surface area contributed by atoms with Gasteiger partial charge in [-0.1, -0.05) is 12.2 Å². The second-order valence-electron chi connectivity index (χ2n) is 3.67. The Balaban J connectivity index is 2.37. The summed E-state index contributed by atoms with van der Waals surface area (Å²) in [5, 5.41) is 0. The van der Waals surface area contributed by atoms with Gasteiger partial charge in [-0.3, -0.25) is 9.59 Å². The first-order valence-electron chi connectivity index (χ1n) is 5.16. The molecule has 1 aliphatic rings. The molecule has 0 saturated heterocycles. The summed E-state index contributed by atoms with van der Waals surface area (Å²) in [5.41, 5.74) is 0. The molecular weight excluding hydrogens is 196 g/mol. The van der Waals surface area contributed by atoms with Crippen LogP contribution >= 0.6 is 0 Å². The summed E-state index contributed by atoms with van der Waals surface area (Å²) in [6.07, 6.45) is 7.48. The van der Waals surface area contributed by atoms with Crippen LogP contribution in [0.4, 0.5) is 0 Å². The van der Waals surface area contributed by atoms with Crippen molar-refractivity contribution in [3.63, 3.8) is 0 Å². The van der Waals surface area contributed by atoms with E-state index in [4.69, 9.17) is 9.47 Å². The molecule has 0 aromatic carbocycles. The Hall–Kier alpha value is -1.32. The lowest BCUT2D eigenvalue weighted by molar-refractivity contribution is -0.133. The zero-order valence-corrected chi connectivity index (χ0v) is 8.63. The minimum Gasteiger partial charge on any atom is -0.468 e. The first kappa shape index (κ1) is 11.8. The van der Waals surface area contributed by atoms with Gasteiger partial charge in [0.1, 0.15) is 6.10 Å². The second kappa shape index (κ2) is 7.04. The molecular formula is C11H16O4. The van der Waals surface area contributed by atoms with E-state index in [0.29, 0.717) is 25.5 Å². The van der Waals surface area contributed by atoms with Gasteiger partial charge in [0.15, 0.2) is 0 Å². The van der Waals surface area contributed by atoms with E-state index < -0.39 is 0 Å². The van der Waals surface area contributed by atoms with Gasteiger partial charge >= 0.3 is 0 Å². The largest absolute Gasteiger partial charge is 0.468 e. The Labute approximate surface area is 89.2 Å². The van der Waals surface area contributed by atoms with Crippen LogP contribution in [0.5, 0.6) is 0 Å². The zero-order chi connectivity index (χ0) is 10.9. The average molecular weight is 212 g/mol. The summed E-state index contributed by atoms with van der Waals surface area (Å²) in [7, 11) is 0. The lowest BCUT2D eigenvalue weighted by atomic mass is 9.94. The van der Waals surface area contributed by atoms with Crippen LogP contribution in [-0.2, 0) is 19.1 Å². The van der Waals surface area contributed by atoms with Crippen LogP contribution in [0.25, 0.3) is 0 Å². The van der Waals surface area contributed by atoms with Crippen molar-refractivity contribution >= 4 is 12.9 Å². The molecule has 0 aliphatic heterocycles. The molecule has 0 radical (unpaired) electrons. The molecule has 2 atom stereocenters. The standard InChI is InChI=1S/C11H16O4/c12-8-14-7-10-3-1-2-4-11(6-5-10)15-9-13/h1-2,8-11H,3-7H2. The van der Waals surface area contributed by atoms with E-state index >= 15 is 0 Å². The number of hydrogen-bond donors (Lipinski definition) is 0. The second-order valence-corrected chi connectivity index (χ2v) is 3.67. The number of carbonyl (C=O) groups excluding carboxylic acids is 2. The average Bonchev–Trinajstić information content (AvgIpc) is 2.22. The number of allylic oxidation sites excluding steroid dienone is 1. The highest BCUT2D eigenvalue weighted by Crippen LogP contribution is 2.20. The van der Waals surface area contributed by atoms with E-state index in [-0.39, 0.29) is 6.10 Å². The topological polar surface area (TPSA) is 52.6 Å².